The third-order valence-corrected chi connectivity index (χ3v) is 6.21. The monoisotopic (exact) mass is 415 g/mol. The van der Waals surface area contributed by atoms with Gasteiger partial charge in [-0.05, 0) is 29.7 Å². The maximum atomic E-state index is 13.0. The molecule has 0 saturated carbocycles. The summed E-state index contributed by atoms with van der Waals surface area (Å²) >= 11 is 0. The van der Waals surface area contributed by atoms with Crippen molar-refractivity contribution in [2.45, 2.75) is 0 Å². The molecule has 0 atom stereocenters. The van der Waals surface area contributed by atoms with Gasteiger partial charge in [-0.2, -0.15) is 0 Å². The number of carbonyl (C=O) groups excluding carboxylic acids is 3. The van der Waals surface area contributed by atoms with E-state index >= 15 is 0 Å². The van der Waals surface area contributed by atoms with Crippen LogP contribution in [0.25, 0.3) is 10.8 Å². The number of hydrogen-bond acceptors (Lipinski definition) is 4. The molecule has 2 aliphatic rings. The van der Waals surface area contributed by atoms with E-state index in [-0.39, 0.29) is 17.7 Å². The zero-order chi connectivity index (χ0) is 21.4. The molecule has 31 heavy (non-hydrogen) atoms. The Hall–Kier alpha value is -3.58. The summed E-state index contributed by atoms with van der Waals surface area (Å²) in [6, 6.07) is 14.7. The Kier molecular flexibility index (Phi) is 4.95. The molecule has 0 spiro atoms. The number of pyridine rings is 1. The number of rotatable bonds is 4. The molecule has 0 bridgehead atoms. The molecule has 1 saturated heterocycles. The van der Waals surface area contributed by atoms with Crippen molar-refractivity contribution in [3.05, 3.63) is 77.6 Å². The van der Waals surface area contributed by atoms with E-state index in [1.54, 1.807) is 36.7 Å². The maximum absolute atomic E-state index is 13.0. The average Bonchev–Trinajstić information content (AvgIpc) is 2.83. The Morgan fingerprint density at radius 2 is 1.61 bits per heavy atom. The van der Waals surface area contributed by atoms with Crippen molar-refractivity contribution in [1.29, 1.82) is 0 Å². The normalized spacial score (nSPS) is 16.8. The number of carbonyl (C=O) groups is 3. The summed E-state index contributed by atoms with van der Waals surface area (Å²) in [5, 5.41) is 1.67. The highest BCUT2D eigenvalue weighted by Crippen LogP contribution is 2.29. The van der Waals surface area contributed by atoms with Crippen LogP contribution in [0, 0.1) is 0 Å². The van der Waals surface area contributed by atoms with E-state index in [4.69, 9.17) is 0 Å². The van der Waals surface area contributed by atoms with Crippen LogP contribution in [0.15, 0.2) is 60.9 Å². The Morgan fingerprint density at radius 1 is 0.935 bits per heavy atom. The van der Waals surface area contributed by atoms with E-state index in [2.05, 4.69) is 4.98 Å². The third-order valence-electron chi connectivity index (χ3n) is 6.21. The molecule has 0 aliphatic carbocycles. The summed E-state index contributed by atoms with van der Waals surface area (Å²) in [6.45, 7) is 3.90. The summed E-state index contributed by atoms with van der Waals surface area (Å²) in [4.78, 5) is 47.1. The molecule has 1 fully saturated rings. The lowest BCUT2D eigenvalue weighted by atomic mass is 9.94. The van der Waals surface area contributed by atoms with Gasteiger partial charge in [-0.3, -0.25) is 24.3 Å². The van der Waals surface area contributed by atoms with Crippen LogP contribution in [0.2, 0.25) is 0 Å². The van der Waals surface area contributed by atoms with Crippen LogP contribution >= 0.6 is 0 Å². The van der Waals surface area contributed by atoms with Gasteiger partial charge >= 0.3 is 0 Å². The van der Waals surface area contributed by atoms with Gasteiger partial charge in [0.25, 0.3) is 17.7 Å². The van der Waals surface area contributed by atoms with Crippen molar-refractivity contribution >= 4 is 28.5 Å². The highest BCUT2D eigenvalue weighted by atomic mass is 16.2. The topological polar surface area (TPSA) is 75.0 Å². The van der Waals surface area contributed by atoms with E-state index in [1.165, 1.54) is 9.80 Å². The van der Waals surface area contributed by atoms with Crippen molar-refractivity contribution in [3.63, 3.8) is 0 Å². The second-order valence-electron chi connectivity index (χ2n) is 8.01. The zero-order valence-electron chi connectivity index (χ0n) is 17.1. The lowest BCUT2D eigenvalue weighted by Crippen LogP contribution is -3.15. The SMILES string of the molecule is O=C(c1cccnc1)N1CC[NH+](CCN2C(=O)c3cccc4cccc(c34)C2=O)CC1. The highest BCUT2D eigenvalue weighted by Gasteiger charge is 2.33. The van der Waals surface area contributed by atoms with Crippen molar-refractivity contribution in [2.24, 2.45) is 0 Å². The molecule has 2 aromatic carbocycles. The lowest BCUT2D eigenvalue weighted by molar-refractivity contribution is -0.903. The van der Waals surface area contributed by atoms with Crippen LogP contribution < -0.4 is 4.90 Å². The van der Waals surface area contributed by atoms with Crippen LogP contribution in [0.4, 0.5) is 0 Å². The number of nitrogens with one attached hydrogen (secondary N) is 1. The van der Waals surface area contributed by atoms with Gasteiger partial charge in [-0.15, -0.1) is 0 Å². The number of hydrogen-bond donors (Lipinski definition) is 1. The van der Waals surface area contributed by atoms with Crippen LogP contribution in [0.3, 0.4) is 0 Å². The average molecular weight is 415 g/mol. The van der Waals surface area contributed by atoms with Crippen LogP contribution in [-0.2, 0) is 0 Å². The molecule has 3 heterocycles. The number of quaternary nitrogens is 1. The molecular weight excluding hydrogens is 392 g/mol. The Morgan fingerprint density at radius 3 is 2.23 bits per heavy atom. The van der Waals surface area contributed by atoms with Crippen molar-refractivity contribution in [3.8, 4) is 0 Å². The maximum Gasteiger partial charge on any atom is 0.261 e. The molecule has 7 nitrogen and oxygen atoms in total. The third kappa shape index (κ3) is 3.47. The molecule has 0 unspecified atom stereocenters. The first-order chi connectivity index (χ1) is 15.1. The number of piperazine rings is 1. The van der Waals surface area contributed by atoms with E-state index < -0.39 is 0 Å². The molecule has 7 heteroatoms. The van der Waals surface area contributed by atoms with Crippen LogP contribution in [-0.4, -0.2) is 71.8 Å². The van der Waals surface area contributed by atoms with Gasteiger partial charge in [0.2, 0.25) is 0 Å². The summed E-state index contributed by atoms with van der Waals surface area (Å²) in [7, 11) is 0. The molecular formula is C24H23N4O3+. The first kappa shape index (κ1) is 19.4. The summed E-state index contributed by atoms with van der Waals surface area (Å²) in [5.74, 6) is -0.448. The van der Waals surface area contributed by atoms with Gasteiger partial charge < -0.3 is 9.80 Å². The molecule has 2 aliphatic heterocycles. The molecule has 0 radical (unpaired) electrons. The molecule has 156 valence electrons. The quantitative estimate of drug-likeness (QED) is 0.642. The zero-order valence-corrected chi connectivity index (χ0v) is 17.1. The van der Waals surface area contributed by atoms with E-state index in [0.29, 0.717) is 42.9 Å². The highest BCUT2D eigenvalue weighted by molar-refractivity contribution is 6.25. The van der Waals surface area contributed by atoms with Crippen molar-refractivity contribution in [1.82, 2.24) is 14.8 Å². The second-order valence-corrected chi connectivity index (χ2v) is 8.01. The molecule has 3 amide bonds. The predicted octanol–water partition coefficient (Wildman–Crippen LogP) is 0.872. The Labute approximate surface area is 179 Å². The standard InChI is InChI=1S/C24H22N4O3/c29-22(18-6-3-9-25-16-18)27-13-10-26(11-14-27)12-15-28-23(30)19-7-1-4-17-5-2-8-20(21(17)19)24(28)31/h1-9,16H,10-15H2/p+1. The lowest BCUT2D eigenvalue weighted by Gasteiger charge is -2.34. The van der Waals surface area contributed by atoms with E-state index in [0.717, 1.165) is 23.9 Å². The van der Waals surface area contributed by atoms with Gasteiger partial charge in [0, 0.05) is 28.9 Å². The van der Waals surface area contributed by atoms with E-state index in [1.807, 2.05) is 29.2 Å². The van der Waals surface area contributed by atoms with Gasteiger partial charge in [0.15, 0.2) is 0 Å². The van der Waals surface area contributed by atoms with Crippen molar-refractivity contribution < 1.29 is 19.3 Å². The summed E-state index contributed by atoms with van der Waals surface area (Å²) < 4.78 is 0. The number of aromatic nitrogens is 1. The minimum absolute atomic E-state index is 0.00163. The van der Waals surface area contributed by atoms with Gasteiger partial charge in [0.1, 0.15) is 0 Å². The minimum atomic E-state index is -0.223. The minimum Gasteiger partial charge on any atom is -0.331 e. The van der Waals surface area contributed by atoms with Gasteiger partial charge in [-0.1, -0.05) is 24.3 Å². The number of nitrogens with zero attached hydrogens (tertiary/aromatic N) is 3. The summed E-state index contributed by atoms with van der Waals surface area (Å²) in [6.07, 6.45) is 3.24. The van der Waals surface area contributed by atoms with E-state index in [9.17, 15) is 14.4 Å². The molecule has 5 rings (SSSR count). The summed E-state index contributed by atoms with van der Waals surface area (Å²) in [5.41, 5.74) is 1.78. The van der Waals surface area contributed by atoms with Crippen LogP contribution in [0.1, 0.15) is 31.1 Å². The fraction of sp³-hybridized carbons (Fsp3) is 0.250. The Bertz CT molecular complexity index is 1120. The molecule has 1 aromatic heterocycles. The number of amides is 3. The number of benzene rings is 2. The largest absolute Gasteiger partial charge is 0.331 e. The molecule has 1 N–H and O–H groups in total. The van der Waals surface area contributed by atoms with Crippen LogP contribution in [0.5, 0.6) is 0 Å². The van der Waals surface area contributed by atoms with Crippen molar-refractivity contribution in [2.75, 3.05) is 39.3 Å². The second kappa shape index (κ2) is 7.92. The first-order valence-electron chi connectivity index (χ1n) is 10.5. The number of imide groups is 1. The van der Waals surface area contributed by atoms with Gasteiger partial charge in [0.05, 0.1) is 44.8 Å². The fourth-order valence-corrected chi connectivity index (χ4v) is 4.50. The fourth-order valence-electron chi connectivity index (χ4n) is 4.50. The predicted molar refractivity (Wildman–Crippen MR) is 115 cm³/mol. The first-order valence-corrected chi connectivity index (χ1v) is 10.5. The molecule has 3 aromatic rings. The Balaban J connectivity index is 1.23. The smallest absolute Gasteiger partial charge is 0.261 e. The van der Waals surface area contributed by atoms with Gasteiger partial charge in [-0.25, -0.2) is 0 Å².